The smallest absolute Gasteiger partial charge is 0.111 e. The van der Waals surface area contributed by atoms with E-state index in [2.05, 4.69) is 34.7 Å². The predicted molar refractivity (Wildman–Crippen MR) is 82.2 cm³/mol. The van der Waals surface area contributed by atoms with Crippen molar-refractivity contribution < 1.29 is 0 Å². The highest BCUT2D eigenvalue weighted by atomic mass is 35.5. The molecule has 0 spiro atoms. The van der Waals surface area contributed by atoms with Crippen LogP contribution < -0.4 is 0 Å². The second kappa shape index (κ2) is 5.63. The Morgan fingerprint density at radius 2 is 2.10 bits per heavy atom. The van der Waals surface area contributed by atoms with E-state index in [-0.39, 0.29) is 0 Å². The normalized spacial score (nSPS) is 11.1. The number of rotatable bonds is 4. The van der Waals surface area contributed by atoms with Gasteiger partial charge in [-0.05, 0) is 36.8 Å². The Balaban J connectivity index is 2.09. The molecular formula is C16H16ClN3. The molecule has 102 valence electrons. The highest BCUT2D eigenvalue weighted by Crippen LogP contribution is 2.19. The van der Waals surface area contributed by atoms with E-state index in [4.69, 9.17) is 16.6 Å². The molecule has 0 atom stereocenters. The number of aryl methyl sites for hydroxylation is 2. The van der Waals surface area contributed by atoms with Crippen molar-refractivity contribution >= 4 is 22.6 Å². The molecule has 20 heavy (non-hydrogen) atoms. The van der Waals surface area contributed by atoms with Crippen LogP contribution in [-0.2, 0) is 13.0 Å². The van der Waals surface area contributed by atoms with E-state index in [9.17, 15) is 0 Å². The number of imidazole rings is 1. The zero-order chi connectivity index (χ0) is 13.9. The molecule has 0 saturated carbocycles. The first-order valence-electron chi connectivity index (χ1n) is 6.69. The van der Waals surface area contributed by atoms with Crippen LogP contribution in [0.25, 0.3) is 11.0 Å². The van der Waals surface area contributed by atoms with E-state index >= 15 is 0 Å². The highest BCUT2D eigenvalue weighted by Gasteiger charge is 2.11. The molecule has 0 aliphatic carbocycles. The van der Waals surface area contributed by atoms with Crippen LogP contribution in [0.4, 0.5) is 0 Å². The van der Waals surface area contributed by atoms with Gasteiger partial charge in [0.25, 0.3) is 0 Å². The van der Waals surface area contributed by atoms with Crippen molar-refractivity contribution in [2.24, 2.45) is 0 Å². The lowest BCUT2D eigenvalue weighted by atomic mass is 10.2. The number of hydrogen-bond donors (Lipinski definition) is 0. The van der Waals surface area contributed by atoms with Gasteiger partial charge in [-0.15, -0.1) is 11.6 Å². The average Bonchev–Trinajstić information content (AvgIpc) is 2.77. The van der Waals surface area contributed by atoms with Crippen molar-refractivity contribution in [3.63, 3.8) is 0 Å². The standard InChI is InChI=1S/C16H16ClN3/c1-12-5-6-15-14(10-12)19-16(7-8-17)20(15)11-13-4-2-3-9-18-13/h2-6,9-10H,7-8,11H2,1H3. The molecule has 0 bridgehead atoms. The van der Waals surface area contributed by atoms with E-state index in [1.54, 1.807) is 0 Å². The molecule has 3 nitrogen and oxygen atoms in total. The molecule has 2 heterocycles. The summed E-state index contributed by atoms with van der Waals surface area (Å²) >= 11 is 5.90. The fraction of sp³-hybridized carbons (Fsp3) is 0.250. The van der Waals surface area contributed by atoms with Crippen molar-refractivity contribution in [2.75, 3.05) is 5.88 Å². The van der Waals surface area contributed by atoms with E-state index in [0.717, 1.165) is 35.5 Å². The number of hydrogen-bond acceptors (Lipinski definition) is 2. The number of fused-ring (bicyclic) bond motifs is 1. The summed E-state index contributed by atoms with van der Waals surface area (Å²) in [6, 6.07) is 12.3. The van der Waals surface area contributed by atoms with Crippen LogP contribution >= 0.6 is 11.6 Å². The number of halogens is 1. The van der Waals surface area contributed by atoms with Crippen LogP contribution in [0.5, 0.6) is 0 Å². The number of pyridine rings is 1. The Hall–Kier alpha value is -1.87. The summed E-state index contributed by atoms with van der Waals surface area (Å²) in [4.78, 5) is 9.11. The summed E-state index contributed by atoms with van der Waals surface area (Å²) in [5, 5.41) is 0. The van der Waals surface area contributed by atoms with Gasteiger partial charge in [0.2, 0.25) is 0 Å². The van der Waals surface area contributed by atoms with Crippen molar-refractivity contribution in [3.8, 4) is 0 Å². The van der Waals surface area contributed by atoms with E-state index in [0.29, 0.717) is 5.88 Å². The first-order valence-corrected chi connectivity index (χ1v) is 7.23. The molecule has 2 aromatic heterocycles. The zero-order valence-corrected chi connectivity index (χ0v) is 12.1. The third kappa shape index (κ3) is 2.54. The molecule has 0 aliphatic rings. The molecule has 0 aliphatic heterocycles. The summed E-state index contributed by atoms with van der Waals surface area (Å²) in [6.45, 7) is 2.81. The third-order valence-corrected chi connectivity index (χ3v) is 3.54. The first-order chi connectivity index (χ1) is 9.78. The van der Waals surface area contributed by atoms with Crippen molar-refractivity contribution in [1.29, 1.82) is 0 Å². The number of nitrogens with zero attached hydrogens (tertiary/aromatic N) is 3. The van der Waals surface area contributed by atoms with Crippen molar-refractivity contribution in [2.45, 2.75) is 19.9 Å². The van der Waals surface area contributed by atoms with Crippen LogP contribution in [-0.4, -0.2) is 20.4 Å². The minimum absolute atomic E-state index is 0.574. The maximum absolute atomic E-state index is 5.90. The molecule has 0 N–H and O–H groups in total. The molecule has 3 aromatic rings. The lowest BCUT2D eigenvalue weighted by Crippen LogP contribution is -2.07. The monoisotopic (exact) mass is 285 g/mol. The van der Waals surface area contributed by atoms with Gasteiger partial charge in [-0.25, -0.2) is 4.98 Å². The van der Waals surface area contributed by atoms with Gasteiger partial charge in [-0.2, -0.15) is 0 Å². The SMILES string of the molecule is Cc1ccc2c(c1)nc(CCCl)n2Cc1ccccn1. The molecule has 0 amide bonds. The first kappa shape index (κ1) is 13.1. The van der Waals surface area contributed by atoms with Crippen molar-refractivity contribution in [1.82, 2.24) is 14.5 Å². The Bertz CT molecular complexity index is 719. The zero-order valence-electron chi connectivity index (χ0n) is 11.4. The van der Waals surface area contributed by atoms with E-state index in [1.165, 1.54) is 5.56 Å². The van der Waals surface area contributed by atoms with Crippen molar-refractivity contribution in [3.05, 3.63) is 59.7 Å². The van der Waals surface area contributed by atoms with Crippen LogP contribution in [0.3, 0.4) is 0 Å². The molecule has 3 rings (SSSR count). The largest absolute Gasteiger partial charge is 0.322 e. The minimum atomic E-state index is 0.574. The van der Waals surface area contributed by atoms with Crippen LogP contribution in [0.15, 0.2) is 42.6 Å². The lowest BCUT2D eigenvalue weighted by molar-refractivity contribution is 0.738. The molecule has 0 saturated heterocycles. The Morgan fingerprint density at radius 3 is 2.85 bits per heavy atom. The van der Waals surface area contributed by atoms with Crippen LogP contribution in [0.2, 0.25) is 0 Å². The lowest BCUT2D eigenvalue weighted by Gasteiger charge is -2.08. The van der Waals surface area contributed by atoms with E-state index in [1.807, 2.05) is 24.4 Å². The fourth-order valence-corrected chi connectivity index (χ4v) is 2.56. The maximum Gasteiger partial charge on any atom is 0.111 e. The van der Waals surface area contributed by atoms with Crippen LogP contribution in [0.1, 0.15) is 17.1 Å². The molecule has 4 heteroatoms. The quantitative estimate of drug-likeness (QED) is 0.686. The summed E-state index contributed by atoms with van der Waals surface area (Å²) in [5.41, 5.74) is 4.42. The van der Waals surface area contributed by atoms with E-state index < -0.39 is 0 Å². The average molecular weight is 286 g/mol. The molecule has 0 radical (unpaired) electrons. The van der Waals surface area contributed by atoms with Gasteiger partial charge in [-0.1, -0.05) is 12.1 Å². The van der Waals surface area contributed by atoms with Gasteiger partial charge < -0.3 is 4.57 Å². The molecule has 0 unspecified atom stereocenters. The van der Waals surface area contributed by atoms with Crippen LogP contribution in [0, 0.1) is 6.92 Å². The summed E-state index contributed by atoms with van der Waals surface area (Å²) in [6.07, 6.45) is 2.59. The second-order valence-corrected chi connectivity index (χ2v) is 5.24. The summed E-state index contributed by atoms with van der Waals surface area (Å²) < 4.78 is 2.21. The number of aromatic nitrogens is 3. The number of benzene rings is 1. The third-order valence-electron chi connectivity index (χ3n) is 3.35. The predicted octanol–water partition coefficient (Wildman–Crippen LogP) is 3.57. The van der Waals surface area contributed by atoms with Gasteiger partial charge >= 0.3 is 0 Å². The van der Waals surface area contributed by atoms with Gasteiger partial charge in [-0.3, -0.25) is 4.98 Å². The topological polar surface area (TPSA) is 30.7 Å². The summed E-state index contributed by atoms with van der Waals surface area (Å²) in [7, 11) is 0. The number of alkyl halides is 1. The Labute approximate surface area is 123 Å². The van der Waals surface area contributed by atoms with Gasteiger partial charge in [0, 0.05) is 18.5 Å². The highest BCUT2D eigenvalue weighted by molar-refractivity contribution is 6.17. The summed E-state index contributed by atoms with van der Waals surface area (Å²) in [5.74, 6) is 1.59. The van der Waals surface area contributed by atoms with Gasteiger partial charge in [0.1, 0.15) is 5.82 Å². The van der Waals surface area contributed by atoms with Gasteiger partial charge in [0.05, 0.1) is 23.3 Å². The Kier molecular flexibility index (Phi) is 3.70. The maximum atomic E-state index is 5.90. The Morgan fingerprint density at radius 1 is 1.20 bits per heavy atom. The fourth-order valence-electron chi connectivity index (χ4n) is 2.40. The molecule has 0 fully saturated rings. The molecular weight excluding hydrogens is 270 g/mol. The molecule has 1 aromatic carbocycles. The van der Waals surface area contributed by atoms with Gasteiger partial charge in [0.15, 0.2) is 0 Å². The second-order valence-electron chi connectivity index (χ2n) is 4.87. The minimum Gasteiger partial charge on any atom is -0.322 e.